The molecule has 0 aliphatic carbocycles. The Morgan fingerprint density at radius 3 is 2.35 bits per heavy atom. The number of rotatable bonds is 13. The summed E-state index contributed by atoms with van der Waals surface area (Å²) in [6.07, 6.45) is -0.212. The number of nitrogens with one attached hydrogen (secondary N) is 1. The second-order valence-electron chi connectivity index (χ2n) is 8.62. The third kappa shape index (κ3) is 7.30. The van der Waals surface area contributed by atoms with E-state index < -0.39 is 35.4 Å². The molecule has 14 heteroatoms. The van der Waals surface area contributed by atoms with Crippen molar-refractivity contribution in [2.24, 2.45) is 0 Å². The minimum atomic E-state index is -1.24. The Bertz CT molecular complexity index is 985. The Morgan fingerprint density at radius 1 is 1.11 bits per heavy atom. The molecule has 1 aromatic rings. The molecule has 12 nitrogen and oxygen atoms in total. The van der Waals surface area contributed by atoms with Crippen molar-refractivity contribution in [2.75, 3.05) is 27.6 Å². The van der Waals surface area contributed by atoms with Crippen LogP contribution in [0.15, 0.2) is 18.2 Å². The number of amides is 2. The number of carboxylic acid groups (broad SMARTS) is 1. The van der Waals surface area contributed by atoms with E-state index in [0.29, 0.717) is 11.5 Å². The molecule has 3 atom stereocenters. The summed E-state index contributed by atoms with van der Waals surface area (Å²) in [5.41, 5.74) is 0.207. The molecule has 0 aromatic heterocycles. The number of fused-ring (bicyclic) bond motifs is 1. The summed E-state index contributed by atoms with van der Waals surface area (Å²) >= 11 is 1.53. The number of β-lactam (4-membered cyclic amide) rings is 1. The van der Waals surface area contributed by atoms with Crippen LogP contribution >= 0.6 is 11.8 Å². The Labute approximate surface area is 240 Å². The quantitative estimate of drug-likeness (QED) is 0.0519. The van der Waals surface area contributed by atoms with Crippen LogP contribution in [0.5, 0.6) is 11.5 Å². The molecule has 0 unspecified atom stereocenters. The number of aliphatic carboxylic acids is 1. The molecule has 0 saturated carbocycles. The molecule has 2 aliphatic rings. The third-order valence-corrected chi connectivity index (χ3v) is 7.54. The Kier molecular flexibility index (Phi) is 11.5. The smallest absolute Gasteiger partial charge is 0.550 e. The van der Waals surface area contributed by atoms with Crippen LogP contribution in [0.4, 0.5) is 0 Å². The van der Waals surface area contributed by atoms with Gasteiger partial charge in [0.05, 0.1) is 20.3 Å². The second kappa shape index (κ2) is 13.7. The van der Waals surface area contributed by atoms with Crippen LogP contribution in [0, 0.1) is 0 Å². The van der Waals surface area contributed by atoms with Gasteiger partial charge in [0.2, 0.25) is 12.7 Å². The van der Waals surface area contributed by atoms with Gasteiger partial charge in [0.1, 0.15) is 35.1 Å². The molecule has 198 valence electrons. The van der Waals surface area contributed by atoms with Crippen LogP contribution in [-0.4, -0.2) is 78.5 Å². The molecule has 2 saturated heterocycles. The fourth-order valence-electron chi connectivity index (χ4n) is 4.05. The molecule has 0 bridgehead atoms. The maximum absolute atomic E-state index is 13.0. The minimum absolute atomic E-state index is 0. The zero-order valence-electron chi connectivity index (χ0n) is 21.4. The van der Waals surface area contributed by atoms with Gasteiger partial charge in [-0.2, -0.15) is 4.89 Å². The van der Waals surface area contributed by atoms with Crippen LogP contribution < -0.4 is 49.5 Å². The molecule has 0 radical (unpaired) electrons. The van der Waals surface area contributed by atoms with Gasteiger partial charge < -0.3 is 34.3 Å². The largest absolute Gasteiger partial charge is 1.00 e. The van der Waals surface area contributed by atoms with Gasteiger partial charge >= 0.3 is 35.5 Å². The molecule has 2 aliphatic heterocycles. The van der Waals surface area contributed by atoms with Crippen LogP contribution in [0.25, 0.3) is 0 Å². The maximum atomic E-state index is 13.0. The van der Waals surface area contributed by atoms with Crippen molar-refractivity contribution in [3.8, 4) is 11.5 Å². The molecule has 2 fully saturated rings. The average molecular weight is 549 g/mol. The monoisotopic (exact) mass is 548 g/mol. The van der Waals surface area contributed by atoms with Crippen LogP contribution in [-0.2, 0) is 28.9 Å². The van der Waals surface area contributed by atoms with Crippen molar-refractivity contribution >= 4 is 35.5 Å². The number of ether oxygens (including phenoxy) is 3. The maximum Gasteiger partial charge on any atom is 1.00 e. The SMILES string of the molecule is COc1cccc(OC)c1C(=O)N[C@@H]1C(=O)N2[C@@H]1SC(C)(C)[C@@H]2COOCOC(=O)CCCC(=O)[O-].[Na+]. The van der Waals surface area contributed by atoms with Gasteiger partial charge in [0, 0.05) is 17.1 Å². The van der Waals surface area contributed by atoms with E-state index in [9.17, 15) is 24.3 Å². The van der Waals surface area contributed by atoms with Gasteiger partial charge in [-0.25, -0.2) is 4.89 Å². The van der Waals surface area contributed by atoms with Crippen molar-refractivity contribution in [1.29, 1.82) is 0 Å². The van der Waals surface area contributed by atoms with Crippen LogP contribution in [0.2, 0.25) is 0 Å². The molecule has 2 heterocycles. The van der Waals surface area contributed by atoms with Crippen LogP contribution in [0.1, 0.15) is 43.5 Å². The predicted octanol–water partition coefficient (Wildman–Crippen LogP) is -2.76. The number of hydrogen-bond acceptors (Lipinski definition) is 11. The number of thioether (sulfide) groups is 1. The van der Waals surface area contributed by atoms with E-state index in [1.54, 1.807) is 23.1 Å². The number of esters is 1. The van der Waals surface area contributed by atoms with Crippen molar-refractivity contribution in [2.45, 2.75) is 55.3 Å². The number of methoxy groups -OCH3 is 2. The summed E-state index contributed by atoms with van der Waals surface area (Å²) in [7, 11) is 2.89. The fraction of sp³-hybridized carbons (Fsp3) is 0.565. The molecule has 0 spiro atoms. The second-order valence-corrected chi connectivity index (χ2v) is 10.4. The van der Waals surface area contributed by atoms with Gasteiger partial charge in [-0.1, -0.05) is 6.07 Å². The first-order chi connectivity index (χ1) is 17.1. The van der Waals surface area contributed by atoms with Gasteiger partial charge in [-0.15, -0.1) is 11.8 Å². The first-order valence-corrected chi connectivity index (χ1v) is 12.1. The van der Waals surface area contributed by atoms with Crippen LogP contribution in [0.3, 0.4) is 0 Å². The third-order valence-electron chi connectivity index (χ3n) is 5.92. The molecule has 1 N–H and O–H groups in total. The molecule has 1 aromatic carbocycles. The summed E-state index contributed by atoms with van der Waals surface area (Å²) in [5, 5.41) is 12.9. The molecular formula is C23H29N2NaO10S. The van der Waals surface area contributed by atoms with Crippen molar-refractivity contribution < 1.29 is 77.8 Å². The summed E-state index contributed by atoms with van der Waals surface area (Å²) < 4.78 is 15.0. The number of nitrogens with zero attached hydrogens (tertiary/aromatic N) is 1. The summed E-state index contributed by atoms with van der Waals surface area (Å²) in [4.78, 5) is 59.6. The number of carbonyl (C=O) groups excluding carboxylic acids is 4. The Morgan fingerprint density at radius 2 is 1.76 bits per heavy atom. The predicted molar refractivity (Wildman–Crippen MR) is 124 cm³/mol. The van der Waals surface area contributed by atoms with Crippen molar-refractivity contribution in [3.63, 3.8) is 0 Å². The zero-order valence-corrected chi connectivity index (χ0v) is 24.3. The van der Waals surface area contributed by atoms with E-state index in [-0.39, 0.29) is 78.3 Å². The summed E-state index contributed by atoms with van der Waals surface area (Å²) in [6, 6.07) is 3.89. The van der Waals surface area contributed by atoms with Crippen molar-refractivity contribution in [1.82, 2.24) is 10.2 Å². The van der Waals surface area contributed by atoms with Gasteiger partial charge in [0.15, 0.2) is 0 Å². The topological polar surface area (TPSA) is 153 Å². The van der Waals surface area contributed by atoms with E-state index in [2.05, 4.69) is 5.32 Å². The fourth-order valence-corrected chi connectivity index (χ4v) is 5.70. The van der Waals surface area contributed by atoms with Gasteiger partial charge in [0.25, 0.3) is 5.91 Å². The minimum Gasteiger partial charge on any atom is -0.550 e. The van der Waals surface area contributed by atoms with E-state index in [1.165, 1.54) is 26.0 Å². The number of hydrogen-bond donors (Lipinski definition) is 1. The van der Waals surface area contributed by atoms with E-state index >= 15 is 0 Å². The van der Waals surface area contributed by atoms with Gasteiger partial charge in [-0.3, -0.25) is 14.4 Å². The molecule has 2 amide bonds. The molecular weight excluding hydrogens is 519 g/mol. The first-order valence-electron chi connectivity index (χ1n) is 11.2. The Hall–Kier alpha value is -2.03. The zero-order chi connectivity index (χ0) is 26.5. The number of carbonyl (C=O) groups is 4. The molecule has 37 heavy (non-hydrogen) atoms. The Balaban J connectivity index is 0.00000481. The number of benzene rings is 1. The van der Waals surface area contributed by atoms with Crippen molar-refractivity contribution in [3.05, 3.63) is 23.8 Å². The first kappa shape index (κ1) is 31.2. The number of carboxylic acids is 1. The normalized spacial score (nSPS) is 21.2. The van der Waals surface area contributed by atoms with E-state index in [4.69, 9.17) is 24.0 Å². The average Bonchev–Trinajstić information content (AvgIpc) is 3.08. The van der Waals surface area contributed by atoms with Gasteiger partial charge in [-0.05, 0) is 38.8 Å². The summed E-state index contributed by atoms with van der Waals surface area (Å²) in [6.45, 7) is 3.46. The standard InChI is InChI=1S/C23H30N2O10S.Na/c1-23(2)15(11-34-35-12-33-17(28)10-6-9-16(26)27)25-21(30)19(22(25)36-23)24-20(29)18-13(31-3)7-5-8-14(18)32-4;/h5,7-8,15,19,22H,6,9-12H2,1-4H3,(H,24,29)(H,26,27);/q;+1/p-1/t15-,19+,22+;/m0./s1. The van der Waals surface area contributed by atoms with E-state index in [1.807, 2.05) is 13.8 Å². The molecule has 3 rings (SSSR count). The van der Waals surface area contributed by atoms with E-state index in [0.717, 1.165) is 0 Å². The summed E-state index contributed by atoms with van der Waals surface area (Å²) in [5.74, 6) is -1.94.